The van der Waals surface area contributed by atoms with Crippen LogP contribution < -0.4 is 10.6 Å². The predicted octanol–water partition coefficient (Wildman–Crippen LogP) is 1.80. The number of guanidine groups is 1. The maximum Gasteiger partial charge on any atom is 0.233 e. The number of carbonyl (C=O) groups is 2. The van der Waals surface area contributed by atoms with Crippen LogP contribution in [0, 0.1) is 29.6 Å². The molecule has 4 atom stereocenters. The second-order valence-corrected chi connectivity index (χ2v) is 8.69. The van der Waals surface area contributed by atoms with Crippen molar-refractivity contribution in [1.82, 2.24) is 15.5 Å². The Morgan fingerprint density at radius 1 is 1.17 bits per heavy atom. The van der Waals surface area contributed by atoms with Gasteiger partial charge in [-0.1, -0.05) is 26.0 Å². The second kappa shape index (κ2) is 10.2. The third-order valence-corrected chi connectivity index (χ3v) is 5.92. The van der Waals surface area contributed by atoms with Gasteiger partial charge in [0.15, 0.2) is 5.96 Å². The molecule has 2 amide bonds. The SMILES string of the molecule is CCNC(=NCCCN1C(=O)C2C3C=CC(C3)C2C1=O)NCCCOCC(C)C. The van der Waals surface area contributed by atoms with Crippen molar-refractivity contribution >= 4 is 17.8 Å². The molecular weight excluding hydrogens is 368 g/mol. The van der Waals surface area contributed by atoms with E-state index in [1.165, 1.54) is 4.90 Å². The van der Waals surface area contributed by atoms with Gasteiger partial charge < -0.3 is 15.4 Å². The van der Waals surface area contributed by atoms with Gasteiger partial charge in [0.1, 0.15) is 0 Å². The lowest BCUT2D eigenvalue weighted by atomic mass is 9.85. The standard InChI is InChI=1S/C22H36N4O3/c1-4-23-22(25-10-6-12-29-14-15(2)3)24-9-5-11-26-20(27)18-16-7-8-17(13-16)19(18)21(26)28/h7-8,15-19H,4-6,9-14H2,1-3H3,(H2,23,24,25). The average molecular weight is 405 g/mol. The maximum atomic E-state index is 12.7. The third kappa shape index (κ3) is 5.18. The molecule has 0 aromatic rings. The van der Waals surface area contributed by atoms with E-state index in [1.54, 1.807) is 0 Å². The van der Waals surface area contributed by atoms with Gasteiger partial charge in [-0.05, 0) is 43.9 Å². The van der Waals surface area contributed by atoms with Crippen molar-refractivity contribution in [1.29, 1.82) is 0 Å². The van der Waals surface area contributed by atoms with Crippen molar-refractivity contribution in [3.05, 3.63) is 12.2 Å². The molecule has 1 heterocycles. The number of nitrogens with zero attached hydrogens (tertiary/aromatic N) is 2. The van der Waals surface area contributed by atoms with E-state index in [-0.39, 0.29) is 35.5 Å². The highest BCUT2D eigenvalue weighted by atomic mass is 16.5. The minimum Gasteiger partial charge on any atom is -0.381 e. The minimum atomic E-state index is -0.0992. The van der Waals surface area contributed by atoms with Gasteiger partial charge in [0.2, 0.25) is 11.8 Å². The Hall–Kier alpha value is -1.89. The number of carbonyl (C=O) groups excluding carboxylic acids is 2. The number of aliphatic imine (C=N–C) groups is 1. The molecule has 7 nitrogen and oxygen atoms in total. The number of allylic oxidation sites excluding steroid dienone is 2. The molecule has 1 saturated carbocycles. The van der Waals surface area contributed by atoms with Crippen LogP contribution in [0.4, 0.5) is 0 Å². The number of fused-ring (bicyclic) bond motifs is 5. The fourth-order valence-corrected chi connectivity index (χ4v) is 4.65. The van der Waals surface area contributed by atoms with Crippen molar-refractivity contribution in [2.75, 3.05) is 39.4 Å². The summed E-state index contributed by atoms with van der Waals surface area (Å²) in [5, 5.41) is 6.54. The van der Waals surface area contributed by atoms with Crippen molar-refractivity contribution in [3.63, 3.8) is 0 Å². The molecule has 2 N–H and O–H groups in total. The highest BCUT2D eigenvalue weighted by Crippen LogP contribution is 2.52. The Kier molecular flexibility index (Phi) is 7.70. The van der Waals surface area contributed by atoms with Gasteiger partial charge in [-0.2, -0.15) is 0 Å². The molecule has 29 heavy (non-hydrogen) atoms. The predicted molar refractivity (Wildman–Crippen MR) is 113 cm³/mol. The summed E-state index contributed by atoms with van der Waals surface area (Å²) in [7, 11) is 0. The van der Waals surface area contributed by atoms with Crippen molar-refractivity contribution in [2.24, 2.45) is 34.6 Å². The Morgan fingerprint density at radius 3 is 2.48 bits per heavy atom. The second-order valence-electron chi connectivity index (χ2n) is 8.69. The molecular formula is C22H36N4O3. The average Bonchev–Trinajstić information content (AvgIpc) is 3.36. The van der Waals surface area contributed by atoms with Crippen molar-refractivity contribution in [3.8, 4) is 0 Å². The molecule has 2 bridgehead atoms. The zero-order valence-electron chi connectivity index (χ0n) is 18.0. The third-order valence-electron chi connectivity index (χ3n) is 5.92. The topological polar surface area (TPSA) is 83.0 Å². The zero-order chi connectivity index (χ0) is 20.8. The Bertz CT molecular complexity index is 616. The number of likely N-dealkylation sites (tertiary alicyclic amines) is 1. The largest absolute Gasteiger partial charge is 0.381 e. The van der Waals surface area contributed by atoms with Gasteiger partial charge in [-0.25, -0.2) is 0 Å². The van der Waals surface area contributed by atoms with Crippen molar-refractivity contribution in [2.45, 2.75) is 40.0 Å². The van der Waals surface area contributed by atoms with Crippen LogP contribution in [0.15, 0.2) is 17.1 Å². The molecule has 1 aliphatic heterocycles. The first-order chi connectivity index (χ1) is 14.0. The fraction of sp³-hybridized carbons (Fsp3) is 0.773. The number of rotatable bonds is 11. The van der Waals surface area contributed by atoms with Crippen LogP contribution in [0.5, 0.6) is 0 Å². The fourth-order valence-electron chi connectivity index (χ4n) is 4.65. The summed E-state index contributed by atoms with van der Waals surface area (Å²) in [6, 6.07) is 0. The van der Waals surface area contributed by atoms with Gasteiger partial charge in [0.25, 0.3) is 0 Å². The van der Waals surface area contributed by atoms with Crippen LogP contribution in [0.3, 0.4) is 0 Å². The molecule has 3 aliphatic rings. The van der Waals surface area contributed by atoms with Crippen LogP contribution in [-0.4, -0.2) is 62.1 Å². The summed E-state index contributed by atoms with van der Waals surface area (Å²) >= 11 is 0. The summed E-state index contributed by atoms with van der Waals surface area (Å²) in [6.07, 6.45) is 6.85. The molecule has 2 fully saturated rings. The van der Waals surface area contributed by atoms with E-state index in [0.717, 1.165) is 45.1 Å². The molecule has 2 aliphatic carbocycles. The van der Waals surface area contributed by atoms with E-state index in [2.05, 4.69) is 41.6 Å². The lowest BCUT2D eigenvalue weighted by Crippen LogP contribution is -2.38. The van der Waals surface area contributed by atoms with E-state index in [0.29, 0.717) is 25.4 Å². The van der Waals surface area contributed by atoms with E-state index in [4.69, 9.17) is 4.74 Å². The van der Waals surface area contributed by atoms with Crippen molar-refractivity contribution < 1.29 is 14.3 Å². The van der Waals surface area contributed by atoms with Gasteiger partial charge in [-0.15, -0.1) is 0 Å². The normalized spacial score (nSPS) is 28.0. The van der Waals surface area contributed by atoms with Crippen LogP contribution >= 0.6 is 0 Å². The zero-order valence-corrected chi connectivity index (χ0v) is 18.0. The lowest BCUT2D eigenvalue weighted by Gasteiger charge is -2.17. The first kappa shape index (κ1) is 21.8. The number of amides is 2. The Morgan fingerprint density at radius 2 is 1.86 bits per heavy atom. The van der Waals surface area contributed by atoms with Gasteiger partial charge in [-0.3, -0.25) is 19.5 Å². The first-order valence-corrected chi connectivity index (χ1v) is 11.2. The monoisotopic (exact) mass is 404 g/mol. The summed E-state index contributed by atoms with van der Waals surface area (Å²) in [6.45, 7) is 10.5. The molecule has 7 heteroatoms. The molecule has 1 saturated heterocycles. The van der Waals surface area contributed by atoms with Crippen LogP contribution in [-0.2, 0) is 14.3 Å². The molecule has 4 unspecified atom stereocenters. The van der Waals surface area contributed by atoms with E-state index >= 15 is 0 Å². The molecule has 3 rings (SSSR count). The summed E-state index contributed by atoms with van der Waals surface area (Å²) in [5.74, 6) is 1.75. The number of hydrogen-bond acceptors (Lipinski definition) is 4. The number of nitrogens with one attached hydrogen (secondary N) is 2. The smallest absolute Gasteiger partial charge is 0.233 e. The van der Waals surface area contributed by atoms with E-state index < -0.39 is 0 Å². The van der Waals surface area contributed by atoms with E-state index in [1.807, 2.05) is 6.92 Å². The lowest BCUT2D eigenvalue weighted by molar-refractivity contribution is -0.140. The highest BCUT2D eigenvalue weighted by molar-refractivity contribution is 6.06. The van der Waals surface area contributed by atoms with Crippen LogP contribution in [0.2, 0.25) is 0 Å². The first-order valence-electron chi connectivity index (χ1n) is 11.2. The quantitative estimate of drug-likeness (QED) is 0.180. The summed E-state index contributed by atoms with van der Waals surface area (Å²) in [4.78, 5) is 31.4. The maximum absolute atomic E-state index is 12.7. The number of hydrogen-bond donors (Lipinski definition) is 2. The molecule has 0 aromatic carbocycles. The molecule has 162 valence electrons. The Labute approximate surface area is 174 Å². The number of ether oxygens (including phenoxy) is 1. The molecule has 0 radical (unpaired) electrons. The van der Waals surface area contributed by atoms with Gasteiger partial charge in [0.05, 0.1) is 11.8 Å². The van der Waals surface area contributed by atoms with Gasteiger partial charge in [0, 0.05) is 39.4 Å². The Balaban J connectivity index is 1.37. The molecule has 0 aromatic heterocycles. The summed E-state index contributed by atoms with van der Waals surface area (Å²) in [5.41, 5.74) is 0. The molecule has 0 spiro atoms. The van der Waals surface area contributed by atoms with Gasteiger partial charge >= 0.3 is 0 Å². The minimum absolute atomic E-state index is 0.0345. The highest BCUT2D eigenvalue weighted by Gasteiger charge is 2.58. The van der Waals surface area contributed by atoms with Crippen LogP contribution in [0.25, 0.3) is 0 Å². The van der Waals surface area contributed by atoms with Crippen LogP contribution in [0.1, 0.15) is 40.0 Å². The van der Waals surface area contributed by atoms with E-state index in [9.17, 15) is 9.59 Å². The number of imide groups is 1. The summed E-state index contributed by atoms with van der Waals surface area (Å²) < 4.78 is 5.59.